The highest BCUT2D eigenvalue weighted by molar-refractivity contribution is 5.92. The van der Waals surface area contributed by atoms with Crippen LogP contribution in [-0.4, -0.2) is 29.1 Å². The van der Waals surface area contributed by atoms with Crippen molar-refractivity contribution in [3.05, 3.63) is 78.0 Å². The van der Waals surface area contributed by atoms with E-state index in [-0.39, 0.29) is 0 Å². The number of hydrogen-bond donors (Lipinski definition) is 2. The van der Waals surface area contributed by atoms with E-state index in [0.717, 1.165) is 25.2 Å². The average molecular weight is 377 g/mol. The van der Waals surface area contributed by atoms with E-state index in [1.54, 1.807) is 18.2 Å². The third kappa shape index (κ3) is 4.79. The van der Waals surface area contributed by atoms with Gasteiger partial charge in [-0.3, -0.25) is 4.79 Å². The number of benzene rings is 2. The lowest BCUT2D eigenvalue weighted by atomic mass is 10.1. The Morgan fingerprint density at radius 1 is 1.11 bits per heavy atom. The molecule has 2 aromatic carbocycles. The van der Waals surface area contributed by atoms with E-state index >= 15 is 0 Å². The van der Waals surface area contributed by atoms with Crippen molar-refractivity contribution >= 4 is 11.6 Å². The second-order valence-electron chi connectivity index (χ2n) is 6.31. The normalized spacial score (nSPS) is 10.5. The van der Waals surface area contributed by atoms with Gasteiger partial charge in [-0.1, -0.05) is 24.3 Å². The molecule has 6 heteroatoms. The first kappa shape index (κ1) is 19.2. The Morgan fingerprint density at radius 3 is 2.46 bits per heavy atom. The molecule has 0 fully saturated rings. The molecule has 0 aliphatic rings. The molecule has 6 nitrogen and oxygen atoms in total. The number of phenolic OH excluding ortho intramolecular Hbond substituents is 1. The number of anilines is 1. The van der Waals surface area contributed by atoms with Crippen LogP contribution in [-0.2, 0) is 6.42 Å². The van der Waals surface area contributed by atoms with E-state index < -0.39 is 5.91 Å². The molecular formula is C22H23N3O3. The molecule has 0 saturated heterocycles. The molecule has 0 atom stereocenters. The zero-order valence-corrected chi connectivity index (χ0v) is 15.7. The van der Waals surface area contributed by atoms with E-state index in [1.807, 2.05) is 42.5 Å². The standard InChI is InChI=1S/C22H23N3O3/c1-2-25(19-5-3-4-6-20(19)26)14-13-16-7-10-18(11-8-16)28-21-12-9-17(15-24-21)22(23)27/h3-12,15,26H,2,13-14H2,1H3,(H2,23,27). The highest BCUT2D eigenvalue weighted by atomic mass is 16.5. The summed E-state index contributed by atoms with van der Waals surface area (Å²) in [5.41, 5.74) is 7.55. The van der Waals surface area contributed by atoms with Gasteiger partial charge in [-0.15, -0.1) is 0 Å². The van der Waals surface area contributed by atoms with Gasteiger partial charge in [0.2, 0.25) is 11.8 Å². The molecule has 0 unspecified atom stereocenters. The molecule has 1 amide bonds. The van der Waals surface area contributed by atoms with Crippen molar-refractivity contribution in [3.63, 3.8) is 0 Å². The SMILES string of the molecule is CCN(CCc1ccc(Oc2ccc(C(N)=O)cn2)cc1)c1ccccc1O. The molecule has 0 spiro atoms. The van der Waals surface area contributed by atoms with Crippen LogP contribution in [0.3, 0.4) is 0 Å². The largest absolute Gasteiger partial charge is 0.506 e. The monoisotopic (exact) mass is 377 g/mol. The summed E-state index contributed by atoms with van der Waals surface area (Å²) in [6.45, 7) is 3.68. The number of ether oxygens (including phenoxy) is 1. The van der Waals surface area contributed by atoms with Crippen molar-refractivity contribution in [3.8, 4) is 17.4 Å². The van der Waals surface area contributed by atoms with E-state index in [4.69, 9.17) is 10.5 Å². The quantitative estimate of drug-likeness (QED) is 0.624. The lowest BCUT2D eigenvalue weighted by Gasteiger charge is -2.24. The van der Waals surface area contributed by atoms with Gasteiger partial charge in [-0.05, 0) is 49.2 Å². The van der Waals surface area contributed by atoms with Crippen molar-refractivity contribution in [2.24, 2.45) is 5.73 Å². The Bertz CT molecular complexity index is 925. The van der Waals surface area contributed by atoms with Crippen molar-refractivity contribution < 1.29 is 14.6 Å². The minimum atomic E-state index is -0.520. The minimum Gasteiger partial charge on any atom is -0.506 e. The molecule has 1 heterocycles. The Hall–Kier alpha value is -3.54. The first-order valence-electron chi connectivity index (χ1n) is 9.12. The third-order valence-electron chi connectivity index (χ3n) is 4.44. The third-order valence-corrected chi connectivity index (χ3v) is 4.44. The van der Waals surface area contributed by atoms with E-state index in [1.165, 1.54) is 11.8 Å². The summed E-state index contributed by atoms with van der Waals surface area (Å²) in [5.74, 6) is 0.835. The molecule has 3 N–H and O–H groups in total. The summed E-state index contributed by atoms with van der Waals surface area (Å²) in [7, 11) is 0. The summed E-state index contributed by atoms with van der Waals surface area (Å²) in [6.07, 6.45) is 2.23. The van der Waals surface area contributed by atoms with Crippen LogP contribution in [0.2, 0.25) is 0 Å². The van der Waals surface area contributed by atoms with Gasteiger partial charge in [0.1, 0.15) is 11.5 Å². The molecule has 144 valence electrons. The summed E-state index contributed by atoms with van der Waals surface area (Å²) in [4.78, 5) is 17.3. The fourth-order valence-corrected chi connectivity index (χ4v) is 2.88. The first-order valence-corrected chi connectivity index (χ1v) is 9.12. The predicted octanol–water partition coefficient (Wildman–Crippen LogP) is 3.75. The molecule has 0 bridgehead atoms. The Kier molecular flexibility index (Phi) is 6.11. The van der Waals surface area contributed by atoms with Gasteiger partial charge in [0, 0.05) is 25.4 Å². The second kappa shape index (κ2) is 8.90. The van der Waals surface area contributed by atoms with Crippen LogP contribution in [0.5, 0.6) is 17.4 Å². The first-order chi connectivity index (χ1) is 13.6. The number of nitrogens with zero attached hydrogens (tertiary/aromatic N) is 2. The molecule has 3 rings (SSSR count). The number of para-hydroxylation sites is 2. The van der Waals surface area contributed by atoms with E-state index in [9.17, 15) is 9.90 Å². The number of amides is 1. The maximum Gasteiger partial charge on any atom is 0.250 e. The van der Waals surface area contributed by atoms with Gasteiger partial charge >= 0.3 is 0 Å². The minimum absolute atomic E-state index is 0.294. The molecule has 3 aromatic rings. The summed E-state index contributed by atoms with van der Waals surface area (Å²) in [6, 6.07) is 18.3. The van der Waals surface area contributed by atoms with E-state index in [2.05, 4.69) is 16.8 Å². The van der Waals surface area contributed by atoms with Gasteiger partial charge < -0.3 is 20.5 Å². The van der Waals surface area contributed by atoms with Gasteiger partial charge in [0.25, 0.3) is 0 Å². The van der Waals surface area contributed by atoms with Crippen molar-refractivity contribution in [2.75, 3.05) is 18.0 Å². The van der Waals surface area contributed by atoms with Gasteiger partial charge in [-0.25, -0.2) is 4.98 Å². The molecule has 0 aliphatic heterocycles. The van der Waals surface area contributed by atoms with Gasteiger partial charge in [0.05, 0.1) is 11.3 Å². The maximum absolute atomic E-state index is 11.1. The van der Waals surface area contributed by atoms with Crippen LogP contribution >= 0.6 is 0 Å². The highest BCUT2D eigenvalue weighted by Gasteiger charge is 2.09. The molecular weight excluding hydrogens is 354 g/mol. The number of primary amides is 1. The molecule has 28 heavy (non-hydrogen) atoms. The Morgan fingerprint density at radius 2 is 1.86 bits per heavy atom. The fourth-order valence-electron chi connectivity index (χ4n) is 2.88. The van der Waals surface area contributed by atoms with Gasteiger partial charge in [-0.2, -0.15) is 0 Å². The number of carbonyl (C=O) groups is 1. The van der Waals surface area contributed by atoms with Gasteiger partial charge in [0.15, 0.2) is 0 Å². The number of nitrogens with two attached hydrogens (primary N) is 1. The van der Waals surface area contributed by atoms with Crippen molar-refractivity contribution in [2.45, 2.75) is 13.3 Å². The number of pyridine rings is 1. The Balaban J connectivity index is 1.59. The van der Waals surface area contributed by atoms with Crippen LogP contribution in [0, 0.1) is 0 Å². The van der Waals surface area contributed by atoms with Crippen molar-refractivity contribution in [1.29, 1.82) is 0 Å². The lowest BCUT2D eigenvalue weighted by Crippen LogP contribution is -2.25. The lowest BCUT2D eigenvalue weighted by molar-refractivity contribution is 0.1000. The number of aromatic nitrogens is 1. The molecule has 1 aromatic heterocycles. The van der Waals surface area contributed by atoms with Crippen LogP contribution in [0.4, 0.5) is 5.69 Å². The Labute approximate surface area is 164 Å². The smallest absolute Gasteiger partial charge is 0.250 e. The van der Waals surface area contributed by atoms with Crippen LogP contribution in [0.15, 0.2) is 66.9 Å². The topological polar surface area (TPSA) is 88.7 Å². The second-order valence-corrected chi connectivity index (χ2v) is 6.31. The number of hydrogen-bond acceptors (Lipinski definition) is 5. The molecule has 0 radical (unpaired) electrons. The number of likely N-dealkylation sites (N-methyl/N-ethyl adjacent to an activating group) is 1. The van der Waals surface area contributed by atoms with Crippen LogP contribution in [0.1, 0.15) is 22.8 Å². The van der Waals surface area contributed by atoms with Crippen LogP contribution < -0.4 is 15.4 Å². The fraction of sp³-hybridized carbons (Fsp3) is 0.182. The summed E-state index contributed by atoms with van der Waals surface area (Å²) >= 11 is 0. The average Bonchev–Trinajstić information content (AvgIpc) is 2.71. The number of rotatable bonds is 8. The zero-order valence-electron chi connectivity index (χ0n) is 15.7. The molecule has 0 saturated carbocycles. The number of carbonyl (C=O) groups excluding carboxylic acids is 1. The highest BCUT2D eigenvalue weighted by Crippen LogP contribution is 2.26. The van der Waals surface area contributed by atoms with Crippen LogP contribution in [0.25, 0.3) is 0 Å². The summed E-state index contributed by atoms with van der Waals surface area (Å²) in [5, 5.41) is 10.0. The predicted molar refractivity (Wildman–Crippen MR) is 109 cm³/mol. The van der Waals surface area contributed by atoms with E-state index in [0.29, 0.717) is 22.9 Å². The summed E-state index contributed by atoms with van der Waals surface area (Å²) < 4.78 is 5.69. The number of phenols is 1. The maximum atomic E-state index is 11.1. The van der Waals surface area contributed by atoms with Crippen molar-refractivity contribution in [1.82, 2.24) is 4.98 Å². The molecule has 0 aliphatic carbocycles. The zero-order chi connectivity index (χ0) is 19.9. The number of aromatic hydroxyl groups is 1.